The summed E-state index contributed by atoms with van der Waals surface area (Å²) in [5.41, 5.74) is 3.99. The van der Waals surface area contributed by atoms with Gasteiger partial charge < -0.3 is 14.0 Å². The van der Waals surface area contributed by atoms with E-state index in [1.54, 1.807) is 18.5 Å². The van der Waals surface area contributed by atoms with E-state index in [0.29, 0.717) is 28.8 Å². The average Bonchev–Trinajstić information content (AvgIpc) is 3.83. The molecule has 37 heavy (non-hydrogen) atoms. The molecule has 2 aromatic carbocycles. The van der Waals surface area contributed by atoms with E-state index in [0.717, 1.165) is 41.5 Å². The lowest BCUT2D eigenvalue weighted by molar-refractivity contribution is 0.108. The number of nitrogens with zero attached hydrogens (tertiary/aromatic N) is 4. The van der Waals surface area contributed by atoms with Gasteiger partial charge in [0.05, 0.1) is 16.8 Å². The number of nitriles is 1. The van der Waals surface area contributed by atoms with Crippen molar-refractivity contribution >= 4 is 22.7 Å². The van der Waals surface area contributed by atoms with E-state index in [1.165, 1.54) is 12.8 Å². The molecule has 0 aliphatic heterocycles. The number of carbonyl (C=O) groups is 1. The number of hydrogen-bond acceptors (Lipinski definition) is 6. The molecule has 2 heterocycles. The Balaban J connectivity index is 1.32. The Morgan fingerprint density at radius 2 is 1.89 bits per heavy atom. The number of ether oxygens (including phenoxy) is 2. The number of nitrogens with one attached hydrogen (secondary N) is 1. The Kier molecular flexibility index (Phi) is 5.97. The third-order valence-electron chi connectivity index (χ3n) is 7.02. The maximum atomic E-state index is 12.3. The summed E-state index contributed by atoms with van der Waals surface area (Å²) in [6, 6.07) is 17.7. The standard InChI is InChI=1S/C29H27N5O3/c1-18(20-5-6-20)36-29(35)33-22-9-7-21(8-10-22)27-25(16-30)24-12-11-23(37-28-31-13-2-14-32-28)15-26(24)34(27)17-19-3-4-19/h2,7-15,18-20H,3-6,17H2,1H3,(H,33,35)/t18-/m1/s1. The van der Waals surface area contributed by atoms with Crippen LogP contribution in [0.3, 0.4) is 0 Å². The van der Waals surface area contributed by atoms with Crippen molar-refractivity contribution in [2.24, 2.45) is 11.8 Å². The van der Waals surface area contributed by atoms with E-state index in [9.17, 15) is 10.1 Å². The van der Waals surface area contributed by atoms with Gasteiger partial charge in [-0.1, -0.05) is 12.1 Å². The van der Waals surface area contributed by atoms with Crippen LogP contribution in [-0.2, 0) is 11.3 Å². The predicted molar refractivity (Wildman–Crippen MR) is 139 cm³/mol. The maximum absolute atomic E-state index is 12.3. The zero-order valence-electron chi connectivity index (χ0n) is 20.6. The molecule has 2 aliphatic rings. The number of amides is 1. The highest BCUT2D eigenvalue weighted by Gasteiger charge is 2.31. The van der Waals surface area contributed by atoms with E-state index < -0.39 is 6.09 Å². The highest BCUT2D eigenvalue weighted by Crippen LogP contribution is 2.40. The first-order valence-corrected chi connectivity index (χ1v) is 12.7. The summed E-state index contributed by atoms with van der Waals surface area (Å²) in [6.45, 7) is 2.76. The van der Waals surface area contributed by atoms with Gasteiger partial charge in [0.25, 0.3) is 0 Å². The fourth-order valence-corrected chi connectivity index (χ4v) is 4.69. The van der Waals surface area contributed by atoms with E-state index in [-0.39, 0.29) is 12.1 Å². The summed E-state index contributed by atoms with van der Waals surface area (Å²) in [7, 11) is 0. The molecule has 2 saturated carbocycles. The van der Waals surface area contributed by atoms with Gasteiger partial charge in [0, 0.05) is 36.1 Å². The lowest BCUT2D eigenvalue weighted by Crippen LogP contribution is -2.21. The monoisotopic (exact) mass is 493 g/mol. The van der Waals surface area contributed by atoms with Crippen molar-refractivity contribution in [3.8, 4) is 29.1 Å². The van der Waals surface area contributed by atoms with Crippen LogP contribution in [0, 0.1) is 23.2 Å². The zero-order valence-corrected chi connectivity index (χ0v) is 20.6. The second-order valence-electron chi connectivity index (χ2n) is 9.85. The molecule has 1 N–H and O–H groups in total. The Labute approximate surface area is 214 Å². The molecule has 0 saturated heterocycles. The fourth-order valence-electron chi connectivity index (χ4n) is 4.69. The van der Waals surface area contributed by atoms with Crippen LogP contribution in [0.25, 0.3) is 22.2 Å². The Morgan fingerprint density at radius 1 is 1.14 bits per heavy atom. The van der Waals surface area contributed by atoms with Gasteiger partial charge in [0.1, 0.15) is 17.9 Å². The summed E-state index contributed by atoms with van der Waals surface area (Å²) in [5, 5.41) is 13.9. The normalized spacial score (nSPS) is 15.7. The molecule has 2 fully saturated rings. The van der Waals surface area contributed by atoms with Crippen LogP contribution in [0.2, 0.25) is 0 Å². The minimum Gasteiger partial charge on any atom is -0.446 e. The Bertz CT molecular complexity index is 1480. The molecule has 1 amide bonds. The number of benzene rings is 2. The predicted octanol–water partition coefficient (Wildman–Crippen LogP) is 6.52. The highest BCUT2D eigenvalue weighted by atomic mass is 16.6. The van der Waals surface area contributed by atoms with Crippen LogP contribution in [0.5, 0.6) is 11.8 Å². The molecule has 0 spiro atoms. The van der Waals surface area contributed by atoms with Gasteiger partial charge in [-0.3, -0.25) is 5.32 Å². The third-order valence-corrected chi connectivity index (χ3v) is 7.02. The maximum Gasteiger partial charge on any atom is 0.411 e. The van der Waals surface area contributed by atoms with E-state index >= 15 is 0 Å². The van der Waals surface area contributed by atoms with Gasteiger partial charge in [0.15, 0.2) is 0 Å². The summed E-state index contributed by atoms with van der Waals surface area (Å²) in [6.07, 6.45) is 7.35. The minimum atomic E-state index is -0.442. The fraction of sp³-hybridized carbons (Fsp3) is 0.310. The molecular weight excluding hydrogens is 466 g/mol. The van der Waals surface area contributed by atoms with Crippen molar-refractivity contribution in [2.45, 2.75) is 45.3 Å². The van der Waals surface area contributed by atoms with Crippen LogP contribution < -0.4 is 10.1 Å². The summed E-state index contributed by atoms with van der Waals surface area (Å²) in [5.74, 6) is 1.69. The molecule has 8 nitrogen and oxygen atoms in total. The molecule has 8 heteroatoms. The van der Waals surface area contributed by atoms with Crippen molar-refractivity contribution in [3.63, 3.8) is 0 Å². The van der Waals surface area contributed by atoms with Gasteiger partial charge in [-0.05, 0) is 80.3 Å². The van der Waals surface area contributed by atoms with Gasteiger partial charge in [0.2, 0.25) is 0 Å². The number of fused-ring (bicyclic) bond motifs is 1. The van der Waals surface area contributed by atoms with Crippen LogP contribution in [0.4, 0.5) is 10.5 Å². The molecule has 0 radical (unpaired) electrons. The number of aromatic nitrogens is 3. The van der Waals surface area contributed by atoms with Crippen molar-refractivity contribution in [2.75, 3.05) is 5.32 Å². The molecule has 4 aromatic rings. The first-order chi connectivity index (χ1) is 18.1. The largest absolute Gasteiger partial charge is 0.446 e. The Morgan fingerprint density at radius 3 is 2.57 bits per heavy atom. The highest BCUT2D eigenvalue weighted by molar-refractivity contribution is 5.95. The van der Waals surface area contributed by atoms with Crippen LogP contribution in [-0.4, -0.2) is 26.7 Å². The number of rotatable bonds is 8. The first-order valence-electron chi connectivity index (χ1n) is 12.7. The molecule has 0 unspecified atom stereocenters. The molecular formula is C29H27N5O3. The summed E-state index contributed by atoms with van der Waals surface area (Å²) in [4.78, 5) is 20.6. The number of carbonyl (C=O) groups excluding carboxylic acids is 1. The van der Waals surface area contributed by atoms with Crippen molar-refractivity contribution < 1.29 is 14.3 Å². The first kappa shape index (κ1) is 23.0. The van der Waals surface area contributed by atoms with Gasteiger partial charge >= 0.3 is 12.1 Å². The van der Waals surface area contributed by atoms with Crippen LogP contribution in [0.15, 0.2) is 60.9 Å². The smallest absolute Gasteiger partial charge is 0.411 e. The van der Waals surface area contributed by atoms with Gasteiger partial charge in [-0.15, -0.1) is 0 Å². The minimum absolute atomic E-state index is 0.0714. The van der Waals surface area contributed by atoms with E-state index in [2.05, 4.69) is 25.9 Å². The van der Waals surface area contributed by atoms with Gasteiger partial charge in [-0.2, -0.15) is 5.26 Å². The molecule has 6 rings (SSSR count). The van der Waals surface area contributed by atoms with Crippen molar-refractivity contribution in [3.05, 3.63) is 66.5 Å². The van der Waals surface area contributed by atoms with Crippen molar-refractivity contribution in [1.29, 1.82) is 5.26 Å². The lowest BCUT2D eigenvalue weighted by Gasteiger charge is -2.14. The van der Waals surface area contributed by atoms with E-state index in [1.807, 2.05) is 49.4 Å². The second-order valence-corrected chi connectivity index (χ2v) is 9.85. The number of anilines is 1. The van der Waals surface area contributed by atoms with Crippen LogP contribution in [0.1, 0.15) is 38.2 Å². The quantitative estimate of drug-likeness (QED) is 0.300. The molecule has 0 bridgehead atoms. The SMILES string of the molecule is C[C@@H](OC(=O)Nc1ccc(-c2c(C#N)c3ccc(Oc4ncccn4)cc3n2CC2CC2)cc1)C1CC1. The summed E-state index contributed by atoms with van der Waals surface area (Å²) < 4.78 is 13.6. The van der Waals surface area contributed by atoms with E-state index in [4.69, 9.17) is 9.47 Å². The van der Waals surface area contributed by atoms with Crippen molar-refractivity contribution in [1.82, 2.24) is 14.5 Å². The zero-order chi connectivity index (χ0) is 25.4. The summed E-state index contributed by atoms with van der Waals surface area (Å²) >= 11 is 0. The lowest BCUT2D eigenvalue weighted by atomic mass is 10.1. The second kappa shape index (κ2) is 9.58. The molecule has 2 aromatic heterocycles. The number of hydrogen-bond donors (Lipinski definition) is 1. The third kappa shape index (κ3) is 4.98. The average molecular weight is 494 g/mol. The molecule has 2 aliphatic carbocycles. The topological polar surface area (TPSA) is 102 Å². The molecule has 1 atom stereocenters. The van der Waals surface area contributed by atoms with Gasteiger partial charge in [-0.25, -0.2) is 14.8 Å². The molecule has 186 valence electrons. The van der Waals surface area contributed by atoms with Crippen LogP contribution >= 0.6 is 0 Å². The Hall–Kier alpha value is -4.38.